The van der Waals surface area contributed by atoms with Crippen molar-refractivity contribution in [2.75, 3.05) is 12.4 Å². The highest BCUT2D eigenvalue weighted by molar-refractivity contribution is 5.93. The first kappa shape index (κ1) is 17.7. The van der Waals surface area contributed by atoms with Crippen molar-refractivity contribution in [3.8, 4) is 5.75 Å². The van der Waals surface area contributed by atoms with Crippen molar-refractivity contribution in [1.82, 2.24) is 0 Å². The van der Waals surface area contributed by atoms with Crippen LogP contribution in [0, 0.1) is 10.1 Å². The summed E-state index contributed by atoms with van der Waals surface area (Å²) in [5.74, 6) is 0.821. The van der Waals surface area contributed by atoms with Crippen LogP contribution in [-0.4, -0.2) is 18.0 Å². The fourth-order valence-electron chi connectivity index (χ4n) is 3.25. The second-order valence-corrected chi connectivity index (χ2v) is 6.23. The van der Waals surface area contributed by atoms with E-state index in [0.29, 0.717) is 11.3 Å². The topological polar surface area (TPSA) is 103 Å². The third kappa shape index (κ3) is 3.93. The van der Waals surface area contributed by atoms with E-state index in [2.05, 4.69) is 16.4 Å². The Bertz CT molecular complexity index is 849. The Kier molecular flexibility index (Phi) is 5.36. The fraction of sp³-hybridized carbons (Fsp3) is 0.316. The first-order valence-corrected chi connectivity index (χ1v) is 8.57. The molecule has 7 nitrogen and oxygen atoms in total. The van der Waals surface area contributed by atoms with Crippen LogP contribution in [0.25, 0.3) is 0 Å². The minimum absolute atomic E-state index is 0.000315. The molecule has 1 aliphatic carbocycles. The van der Waals surface area contributed by atoms with Crippen LogP contribution >= 0.6 is 0 Å². The van der Waals surface area contributed by atoms with Gasteiger partial charge in [0.1, 0.15) is 5.75 Å². The number of anilines is 1. The number of nitro groups is 1. The third-order valence-electron chi connectivity index (χ3n) is 4.55. The lowest BCUT2D eigenvalue weighted by Gasteiger charge is -2.19. The van der Waals surface area contributed by atoms with Crippen molar-refractivity contribution in [1.29, 1.82) is 0 Å². The molecule has 0 fully saturated rings. The molecule has 0 bridgehead atoms. The highest BCUT2D eigenvalue weighted by Crippen LogP contribution is 2.28. The van der Waals surface area contributed by atoms with Crippen molar-refractivity contribution in [3.63, 3.8) is 0 Å². The van der Waals surface area contributed by atoms with Gasteiger partial charge in [-0.15, -0.1) is 0 Å². The van der Waals surface area contributed by atoms with Crippen molar-refractivity contribution in [3.05, 3.63) is 63.2 Å². The molecule has 0 aromatic heterocycles. The van der Waals surface area contributed by atoms with Gasteiger partial charge in [-0.05, 0) is 48.9 Å². The van der Waals surface area contributed by atoms with E-state index >= 15 is 0 Å². The molecule has 3 rings (SSSR count). The first-order valence-electron chi connectivity index (χ1n) is 8.57. The van der Waals surface area contributed by atoms with Gasteiger partial charge in [0.15, 0.2) is 5.96 Å². The standard InChI is InChI=1S/C19H22N4O3/c1-26-18-10-9-15(23(24)25)11-14(18)12-21-19(20)22-17-8-4-6-13-5-2-3-7-16(13)17/h4,6,8-11H,2-3,5,7,12H2,1H3,(H3,20,21,22). The summed E-state index contributed by atoms with van der Waals surface area (Å²) in [6.45, 7) is 0.193. The van der Waals surface area contributed by atoms with Gasteiger partial charge in [-0.1, -0.05) is 12.1 Å². The summed E-state index contributed by atoms with van der Waals surface area (Å²) in [4.78, 5) is 14.8. The van der Waals surface area contributed by atoms with Crippen molar-refractivity contribution in [2.45, 2.75) is 32.2 Å². The lowest BCUT2D eigenvalue weighted by molar-refractivity contribution is -0.384. The van der Waals surface area contributed by atoms with Gasteiger partial charge in [0.25, 0.3) is 5.69 Å². The summed E-state index contributed by atoms with van der Waals surface area (Å²) in [5, 5.41) is 14.1. The largest absolute Gasteiger partial charge is 0.496 e. The zero-order chi connectivity index (χ0) is 18.5. The molecule has 0 radical (unpaired) electrons. The number of nitrogens with two attached hydrogens (primary N) is 1. The number of aryl methyl sites for hydroxylation is 1. The molecule has 0 saturated heterocycles. The monoisotopic (exact) mass is 354 g/mol. The van der Waals surface area contributed by atoms with E-state index in [9.17, 15) is 10.1 Å². The summed E-state index contributed by atoms with van der Waals surface area (Å²) in [7, 11) is 1.52. The summed E-state index contributed by atoms with van der Waals surface area (Å²) < 4.78 is 5.25. The molecule has 0 atom stereocenters. The molecule has 7 heteroatoms. The van der Waals surface area contributed by atoms with Gasteiger partial charge < -0.3 is 15.8 Å². The molecule has 26 heavy (non-hydrogen) atoms. The molecule has 0 unspecified atom stereocenters. The van der Waals surface area contributed by atoms with E-state index in [1.54, 1.807) is 6.07 Å². The Hall–Kier alpha value is -3.09. The van der Waals surface area contributed by atoms with Crippen LogP contribution in [0.3, 0.4) is 0 Å². The van der Waals surface area contributed by atoms with Gasteiger partial charge in [0.2, 0.25) is 0 Å². The Labute approximate surface area is 152 Å². The van der Waals surface area contributed by atoms with E-state index in [1.165, 1.54) is 43.2 Å². The molecule has 0 aliphatic heterocycles. The smallest absolute Gasteiger partial charge is 0.270 e. The van der Waals surface area contributed by atoms with Crippen molar-refractivity contribution in [2.24, 2.45) is 10.7 Å². The van der Waals surface area contributed by atoms with Gasteiger partial charge in [0, 0.05) is 23.4 Å². The van der Waals surface area contributed by atoms with Crippen LogP contribution in [0.5, 0.6) is 5.75 Å². The quantitative estimate of drug-likeness (QED) is 0.371. The molecule has 136 valence electrons. The zero-order valence-electron chi connectivity index (χ0n) is 14.7. The number of nitrogens with one attached hydrogen (secondary N) is 1. The number of nitro benzene ring substituents is 1. The maximum Gasteiger partial charge on any atom is 0.270 e. The second kappa shape index (κ2) is 7.86. The van der Waals surface area contributed by atoms with E-state index in [4.69, 9.17) is 10.5 Å². The lowest BCUT2D eigenvalue weighted by Crippen LogP contribution is -2.24. The van der Waals surface area contributed by atoms with Gasteiger partial charge >= 0.3 is 0 Å². The maximum atomic E-state index is 11.0. The summed E-state index contributed by atoms with van der Waals surface area (Å²) in [5.41, 5.74) is 10.3. The number of benzene rings is 2. The Morgan fingerprint density at radius 2 is 2.12 bits per heavy atom. The number of guanidine groups is 1. The number of hydrogen-bond acceptors (Lipinski definition) is 4. The lowest BCUT2D eigenvalue weighted by atomic mass is 9.90. The van der Waals surface area contributed by atoms with E-state index in [-0.39, 0.29) is 18.2 Å². The van der Waals surface area contributed by atoms with Crippen LogP contribution < -0.4 is 15.8 Å². The number of hydrogen-bond donors (Lipinski definition) is 2. The SMILES string of the molecule is COc1ccc([N+](=O)[O-])cc1CN=C(N)Nc1cccc2c1CCCC2. The van der Waals surface area contributed by atoms with Gasteiger partial charge in [-0.25, -0.2) is 4.99 Å². The number of ether oxygens (including phenoxy) is 1. The van der Waals surface area contributed by atoms with Crippen molar-refractivity contribution < 1.29 is 9.66 Å². The van der Waals surface area contributed by atoms with Crippen molar-refractivity contribution >= 4 is 17.3 Å². The van der Waals surface area contributed by atoms with Gasteiger partial charge in [-0.3, -0.25) is 10.1 Å². The highest BCUT2D eigenvalue weighted by atomic mass is 16.6. The average Bonchev–Trinajstić information content (AvgIpc) is 2.66. The predicted octanol–water partition coefficient (Wildman–Crippen LogP) is 3.41. The van der Waals surface area contributed by atoms with Crippen LogP contribution in [0.4, 0.5) is 11.4 Å². The molecule has 0 heterocycles. The Morgan fingerprint density at radius 1 is 1.31 bits per heavy atom. The van der Waals surface area contributed by atoms with E-state index < -0.39 is 4.92 Å². The minimum atomic E-state index is -0.440. The molecule has 1 aliphatic rings. The Morgan fingerprint density at radius 3 is 2.88 bits per heavy atom. The van der Waals surface area contributed by atoms with Gasteiger partial charge in [-0.2, -0.15) is 0 Å². The number of methoxy groups -OCH3 is 1. The summed E-state index contributed by atoms with van der Waals surface area (Å²) in [6.07, 6.45) is 4.51. The number of non-ortho nitro benzene ring substituents is 1. The first-order chi connectivity index (χ1) is 12.6. The number of aliphatic imine (C=N–C) groups is 1. The number of rotatable bonds is 5. The number of nitrogens with zero attached hydrogens (tertiary/aromatic N) is 2. The van der Waals surface area contributed by atoms with Crippen LogP contribution in [0.1, 0.15) is 29.5 Å². The Balaban J connectivity index is 1.77. The van der Waals surface area contributed by atoms with Gasteiger partial charge in [0.05, 0.1) is 18.6 Å². The van der Waals surface area contributed by atoms with E-state index in [0.717, 1.165) is 18.5 Å². The fourth-order valence-corrected chi connectivity index (χ4v) is 3.25. The van der Waals surface area contributed by atoms with Crippen LogP contribution in [0.2, 0.25) is 0 Å². The summed E-state index contributed by atoms with van der Waals surface area (Å²) in [6, 6.07) is 10.6. The third-order valence-corrected chi connectivity index (χ3v) is 4.55. The zero-order valence-corrected chi connectivity index (χ0v) is 14.7. The highest BCUT2D eigenvalue weighted by Gasteiger charge is 2.14. The maximum absolute atomic E-state index is 11.0. The van der Waals surface area contributed by atoms with Crippen LogP contribution in [0.15, 0.2) is 41.4 Å². The number of fused-ring (bicyclic) bond motifs is 1. The summed E-state index contributed by atoms with van der Waals surface area (Å²) >= 11 is 0. The molecule has 0 saturated carbocycles. The molecule has 0 spiro atoms. The molecule has 2 aromatic rings. The molecule has 3 N–H and O–H groups in total. The molecule has 0 amide bonds. The normalized spacial score (nSPS) is 13.8. The average molecular weight is 354 g/mol. The molecule has 2 aromatic carbocycles. The second-order valence-electron chi connectivity index (χ2n) is 6.23. The predicted molar refractivity (Wildman–Crippen MR) is 102 cm³/mol. The molecular weight excluding hydrogens is 332 g/mol. The molecular formula is C19H22N4O3. The minimum Gasteiger partial charge on any atom is -0.496 e. The van der Waals surface area contributed by atoms with E-state index in [1.807, 2.05) is 12.1 Å². The van der Waals surface area contributed by atoms with Crippen LogP contribution in [-0.2, 0) is 19.4 Å².